The average Bonchev–Trinajstić information content (AvgIpc) is 3.01. The summed E-state index contributed by atoms with van der Waals surface area (Å²) in [6.45, 7) is 4.40. The van der Waals surface area contributed by atoms with Gasteiger partial charge in [0.25, 0.3) is 0 Å². The van der Waals surface area contributed by atoms with Crippen LogP contribution in [0.25, 0.3) is 0 Å². The predicted octanol–water partition coefficient (Wildman–Crippen LogP) is 1.42. The molecule has 1 aromatic rings. The van der Waals surface area contributed by atoms with Crippen LogP contribution in [0.4, 0.5) is 5.69 Å². The number of hydrogen-bond donors (Lipinski definition) is 0. The van der Waals surface area contributed by atoms with Crippen LogP contribution in [0.5, 0.6) is 0 Å². The van der Waals surface area contributed by atoms with Crippen molar-refractivity contribution in [2.45, 2.75) is 6.42 Å². The normalized spacial score (nSPS) is 23.1. The Balaban J connectivity index is 1.59. The summed E-state index contributed by atoms with van der Waals surface area (Å²) in [6, 6.07) is 1.92. The third-order valence-corrected chi connectivity index (χ3v) is 4.25. The minimum Gasteiger partial charge on any atom is -0.381 e. The molecule has 0 aliphatic carbocycles. The Bertz CT molecular complexity index is 483. The number of piperazine rings is 1. The fourth-order valence-corrected chi connectivity index (χ4v) is 3.02. The van der Waals surface area contributed by atoms with E-state index in [1.807, 2.05) is 11.0 Å². The third kappa shape index (κ3) is 2.74. The number of anilines is 1. The number of hydrogen-bond acceptors (Lipinski definition) is 4. The lowest BCUT2D eigenvalue weighted by atomic mass is 10.1. The summed E-state index contributed by atoms with van der Waals surface area (Å²) in [4.78, 5) is 20.5. The summed E-state index contributed by atoms with van der Waals surface area (Å²) in [5, 5.41) is 0.663. The van der Waals surface area contributed by atoms with Gasteiger partial charge in [-0.1, -0.05) is 11.6 Å². The fourth-order valence-electron chi connectivity index (χ4n) is 2.78. The van der Waals surface area contributed by atoms with E-state index in [2.05, 4.69) is 9.88 Å². The Hall–Kier alpha value is -1.33. The van der Waals surface area contributed by atoms with E-state index in [0.29, 0.717) is 18.2 Å². The molecule has 6 heteroatoms. The molecule has 5 nitrogen and oxygen atoms in total. The molecule has 0 unspecified atom stereocenters. The summed E-state index contributed by atoms with van der Waals surface area (Å²) in [5.41, 5.74) is 0.998. The smallest absolute Gasteiger partial charge is 0.228 e. The molecule has 1 atom stereocenters. The van der Waals surface area contributed by atoms with Crippen molar-refractivity contribution < 1.29 is 9.53 Å². The van der Waals surface area contributed by atoms with Crippen molar-refractivity contribution in [3.63, 3.8) is 0 Å². The van der Waals surface area contributed by atoms with Crippen molar-refractivity contribution in [2.75, 3.05) is 44.3 Å². The molecule has 3 rings (SSSR count). The number of nitrogens with zero attached hydrogens (tertiary/aromatic N) is 3. The van der Waals surface area contributed by atoms with Crippen molar-refractivity contribution in [1.29, 1.82) is 0 Å². The monoisotopic (exact) mass is 295 g/mol. The Morgan fingerprint density at radius 3 is 2.80 bits per heavy atom. The molecule has 108 valence electrons. The molecule has 0 N–H and O–H groups in total. The van der Waals surface area contributed by atoms with Crippen LogP contribution in [0.3, 0.4) is 0 Å². The van der Waals surface area contributed by atoms with Gasteiger partial charge in [0, 0.05) is 45.2 Å². The summed E-state index contributed by atoms with van der Waals surface area (Å²) >= 11 is 6.16. The second-order valence-corrected chi connectivity index (χ2v) is 5.61. The van der Waals surface area contributed by atoms with Crippen molar-refractivity contribution in [2.24, 2.45) is 5.92 Å². The second-order valence-electron chi connectivity index (χ2n) is 5.20. The van der Waals surface area contributed by atoms with Gasteiger partial charge in [-0.05, 0) is 12.5 Å². The van der Waals surface area contributed by atoms with Gasteiger partial charge >= 0.3 is 0 Å². The number of carbonyl (C=O) groups excluding carboxylic acids is 1. The molecule has 2 saturated heterocycles. The largest absolute Gasteiger partial charge is 0.381 e. The molecule has 0 radical (unpaired) electrons. The van der Waals surface area contributed by atoms with Crippen molar-refractivity contribution >= 4 is 23.2 Å². The van der Waals surface area contributed by atoms with Gasteiger partial charge in [0.15, 0.2) is 0 Å². The highest BCUT2D eigenvalue weighted by Crippen LogP contribution is 2.25. The Morgan fingerprint density at radius 2 is 2.15 bits per heavy atom. The minimum atomic E-state index is 0.0612. The van der Waals surface area contributed by atoms with Crippen LogP contribution in [0.15, 0.2) is 18.5 Å². The van der Waals surface area contributed by atoms with Gasteiger partial charge < -0.3 is 14.5 Å². The topological polar surface area (TPSA) is 45.7 Å². The van der Waals surface area contributed by atoms with E-state index in [4.69, 9.17) is 16.3 Å². The van der Waals surface area contributed by atoms with E-state index in [1.165, 1.54) is 0 Å². The maximum Gasteiger partial charge on any atom is 0.228 e. The quantitative estimate of drug-likeness (QED) is 0.828. The second kappa shape index (κ2) is 5.97. The average molecular weight is 296 g/mol. The van der Waals surface area contributed by atoms with E-state index < -0.39 is 0 Å². The zero-order chi connectivity index (χ0) is 13.9. The van der Waals surface area contributed by atoms with Crippen LogP contribution in [-0.4, -0.2) is 55.2 Å². The highest BCUT2D eigenvalue weighted by Gasteiger charge is 2.30. The van der Waals surface area contributed by atoms with Crippen LogP contribution < -0.4 is 4.90 Å². The first-order chi connectivity index (χ1) is 9.75. The van der Waals surface area contributed by atoms with Crippen molar-refractivity contribution in [3.05, 3.63) is 23.5 Å². The van der Waals surface area contributed by atoms with Gasteiger partial charge in [0.05, 0.1) is 23.2 Å². The molecule has 2 aliphatic heterocycles. The lowest BCUT2D eigenvalue weighted by Crippen LogP contribution is -2.50. The van der Waals surface area contributed by atoms with E-state index in [-0.39, 0.29) is 11.8 Å². The highest BCUT2D eigenvalue weighted by atomic mass is 35.5. The standard InChI is InChI=1S/C14H18ClN3O2/c15-12-9-16-3-1-13(12)17-4-6-18(7-5-17)14(19)11-2-8-20-10-11/h1,3,9,11H,2,4-8,10H2/t11-/m0/s1. The summed E-state index contributed by atoms with van der Waals surface area (Å²) in [5.74, 6) is 0.300. The Kier molecular flexibility index (Phi) is 4.08. The van der Waals surface area contributed by atoms with Gasteiger partial charge in [-0.25, -0.2) is 0 Å². The molecule has 1 amide bonds. The molecule has 0 aromatic carbocycles. The molecular weight excluding hydrogens is 278 g/mol. The summed E-state index contributed by atoms with van der Waals surface area (Å²) in [7, 11) is 0. The van der Waals surface area contributed by atoms with E-state index in [0.717, 1.165) is 38.3 Å². The third-order valence-electron chi connectivity index (χ3n) is 3.96. The number of amides is 1. The lowest BCUT2D eigenvalue weighted by Gasteiger charge is -2.37. The first-order valence-corrected chi connectivity index (χ1v) is 7.34. The minimum absolute atomic E-state index is 0.0612. The Morgan fingerprint density at radius 1 is 1.35 bits per heavy atom. The lowest BCUT2D eigenvalue weighted by molar-refractivity contribution is -0.135. The van der Waals surface area contributed by atoms with Crippen LogP contribution >= 0.6 is 11.6 Å². The number of aromatic nitrogens is 1. The molecule has 0 bridgehead atoms. The first-order valence-electron chi connectivity index (χ1n) is 6.96. The van der Waals surface area contributed by atoms with Gasteiger partial charge in [0.1, 0.15) is 0 Å². The SMILES string of the molecule is O=C([C@H]1CCOC1)N1CCN(c2ccncc2Cl)CC1. The Labute approximate surface area is 123 Å². The predicted molar refractivity (Wildman–Crippen MR) is 77.0 cm³/mol. The zero-order valence-corrected chi connectivity index (χ0v) is 12.1. The highest BCUT2D eigenvalue weighted by molar-refractivity contribution is 6.33. The molecular formula is C14H18ClN3O2. The molecule has 2 aliphatic rings. The molecule has 3 heterocycles. The summed E-state index contributed by atoms with van der Waals surface area (Å²) in [6.07, 6.45) is 4.26. The van der Waals surface area contributed by atoms with E-state index in [1.54, 1.807) is 12.4 Å². The van der Waals surface area contributed by atoms with E-state index >= 15 is 0 Å². The number of halogens is 1. The van der Waals surface area contributed by atoms with Gasteiger partial charge in [0.2, 0.25) is 5.91 Å². The maximum atomic E-state index is 12.3. The van der Waals surface area contributed by atoms with Gasteiger partial charge in [-0.15, -0.1) is 0 Å². The molecule has 1 aromatic heterocycles. The van der Waals surface area contributed by atoms with Gasteiger partial charge in [-0.2, -0.15) is 0 Å². The number of carbonyl (C=O) groups is 1. The van der Waals surface area contributed by atoms with E-state index in [9.17, 15) is 4.79 Å². The number of pyridine rings is 1. The molecule has 20 heavy (non-hydrogen) atoms. The molecule has 0 spiro atoms. The van der Waals surface area contributed by atoms with Crippen molar-refractivity contribution in [3.8, 4) is 0 Å². The maximum absolute atomic E-state index is 12.3. The first kappa shape index (κ1) is 13.6. The molecule has 0 saturated carbocycles. The van der Waals surface area contributed by atoms with Gasteiger partial charge in [-0.3, -0.25) is 9.78 Å². The summed E-state index contributed by atoms with van der Waals surface area (Å²) < 4.78 is 5.29. The van der Waals surface area contributed by atoms with Crippen LogP contribution in [0, 0.1) is 5.92 Å². The molecule has 2 fully saturated rings. The fraction of sp³-hybridized carbons (Fsp3) is 0.571. The number of rotatable bonds is 2. The van der Waals surface area contributed by atoms with Crippen molar-refractivity contribution in [1.82, 2.24) is 9.88 Å². The number of ether oxygens (including phenoxy) is 1. The van der Waals surface area contributed by atoms with Crippen LogP contribution in [0.1, 0.15) is 6.42 Å². The zero-order valence-electron chi connectivity index (χ0n) is 11.3. The van der Waals surface area contributed by atoms with Crippen LogP contribution in [-0.2, 0) is 9.53 Å². The van der Waals surface area contributed by atoms with Crippen LogP contribution in [0.2, 0.25) is 5.02 Å².